The van der Waals surface area contributed by atoms with Crippen molar-refractivity contribution in [1.29, 1.82) is 0 Å². The Hall–Kier alpha value is -0.760. The molecule has 0 aromatic rings. The molecule has 1 N–H and O–H groups in total. The molecule has 1 aliphatic heterocycles. The minimum atomic E-state index is 0.193. The number of allylic oxidation sites excluding steroid dienone is 2. The average Bonchev–Trinajstić information content (AvgIpc) is 2.49. The summed E-state index contributed by atoms with van der Waals surface area (Å²) >= 11 is 0. The molecular weight excluding hydrogens is 246 g/mol. The molecule has 0 aromatic heterocycles. The number of rotatable bonds is 12. The highest BCUT2D eigenvalue weighted by molar-refractivity contribution is 5.13. The Bertz CT molecular complexity index is 273. The molecule has 0 aliphatic carbocycles. The van der Waals surface area contributed by atoms with E-state index in [4.69, 9.17) is 0 Å². The van der Waals surface area contributed by atoms with Gasteiger partial charge in [0.2, 0.25) is 0 Å². The van der Waals surface area contributed by atoms with Gasteiger partial charge in [0.05, 0.1) is 12.6 Å². The first-order valence-electron chi connectivity index (χ1n) is 8.60. The van der Waals surface area contributed by atoms with E-state index >= 15 is 0 Å². The van der Waals surface area contributed by atoms with Crippen molar-refractivity contribution in [1.82, 2.24) is 4.90 Å². The molecule has 1 atom stereocenters. The van der Waals surface area contributed by atoms with E-state index in [0.29, 0.717) is 0 Å². The zero-order chi connectivity index (χ0) is 14.5. The quantitative estimate of drug-likeness (QED) is 0.525. The van der Waals surface area contributed by atoms with Gasteiger partial charge in [-0.15, -0.1) is 0 Å². The molecule has 20 heavy (non-hydrogen) atoms. The Morgan fingerprint density at radius 3 is 2.05 bits per heavy atom. The minimum Gasteiger partial charge on any atom is -0.394 e. The third-order valence-corrected chi connectivity index (χ3v) is 4.10. The van der Waals surface area contributed by atoms with Crippen LogP contribution in [0.1, 0.15) is 71.1 Å². The van der Waals surface area contributed by atoms with Gasteiger partial charge in [-0.2, -0.15) is 0 Å². The van der Waals surface area contributed by atoms with E-state index in [9.17, 15) is 5.11 Å². The Balaban J connectivity index is 1.89. The number of hydrogen-bond acceptors (Lipinski definition) is 2. The molecule has 2 nitrogen and oxygen atoms in total. The molecular formula is C18H33NO. The van der Waals surface area contributed by atoms with Gasteiger partial charge in [0.25, 0.3) is 0 Å². The number of nitrogens with zero attached hydrogens (tertiary/aromatic N) is 1. The van der Waals surface area contributed by atoms with Crippen LogP contribution in [-0.2, 0) is 0 Å². The highest BCUT2D eigenvalue weighted by atomic mass is 16.3. The van der Waals surface area contributed by atoms with E-state index in [1.165, 1.54) is 64.2 Å². The fourth-order valence-electron chi connectivity index (χ4n) is 2.76. The van der Waals surface area contributed by atoms with E-state index in [-0.39, 0.29) is 12.6 Å². The van der Waals surface area contributed by atoms with Crippen molar-refractivity contribution in [3.05, 3.63) is 24.4 Å². The van der Waals surface area contributed by atoms with Gasteiger partial charge in [0, 0.05) is 6.54 Å². The molecule has 1 heterocycles. The standard InChI is InChI=1S/C18H33NO/c1-2-3-4-5-6-7-8-9-10-12-15-19-16-13-11-14-18(19)17-20/h11,13-14,16,18,20H,2-10,12,15,17H2,1H3. The van der Waals surface area contributed by atoms with Gasteiger partial charge in [-0.3, -0.25) is 0 Å². The van der Waals surface area contributed by atoms with Crippen molar-refractivity contribution < 1.29 is 5.11 Å². The predicted molar refractivity (Wildman–Crippen MR) is 87.7 cm³/mol. The smallest absolute Gasteiger partial charge is 0.0701 e. The third-order valence-electron chi connectivity index (χ3n) is 4.10. The van der Waals surface area contributed by atoms with Gasteiger partial charge < -0.3 is 10.0 Å². The lowest BCUT2D eigenvalue weighted by Gasteiger charge is -2.28. The second-order valence-corrected chi connectivity index (χ2v) is 5.90. The predicted octanol–water partition coefficient (Wildman–Crippen LogP) is 4.65. The van der Waals surface area contributed by atoms with Crippen molar-refractivity contribution in [3.63, 3.8) is 0 Å². The maximum atomic E-state index is 9.30. The van der Waals surface area contributed by atoms with Crippen LogP contribution in [0.15, 0.2) is 24.4 Å². The Morgan fingerprint density at radius 1 is 0.850 bits per heavy atom. The minimum absolute atomic E-state index is 0.193. The van der Waals surface area contributed by atoms with Crippen LogP contribution in [0.25, 0.3) is 0 Å². The van der Waals surface area contributed by atoms with Crippen molar-refractivity contribution in [2.24, 2.45) is 0 Å². The monoisotopic (exact) mass is 279 g/mol. The van der Waals surface area contributed by atoms with Gasteiger partial charge in [0.15, 0.2) is 0 Å². The van der Waals surface area contributed by atoms with E-state index in [0.717, 1.165) is 6.54 Å². The Labute approximate surface area is 125 Å². The Morgan fingerprint density at radius 2 is 1.45 bits per heavy atom. The number of unbranched alkanes of at least 4 members (excludes halogenated alkanes) is 9. The lowest BCUT2D eigenvalue weighted by atomic mass is 10.1. The maximum absolute atomic E-state index is 9.30. The molecule has 0 saturated carbocycles. The molecule has 1 aliphatic rings. The molecule has 0 fully saturated rings. The van der Waals surface area contributed by atoms with Gasteiger partial charge in [-0.05, 0) is 18.7 Å². The van der Waals surface area contributed by atoms with Crippen LogP contribution in [0.3, 0.4) is 0 Å². The zero-order valence-corrected chi connectivity index (χ0v) is 13.3. The highest BCUT2D eigenvalue weighted by Gasteiger charge is 2.12. The summed E-state index contributed by atoms with van der Waals surface area (Å²) in [5.74, 6) is 0. The summed E-state index contributed by atoms with van der Waals surface area (Å²) in [7, 11) is 0. The second-order valence-electron chi connectivity index (χ2n) is 5.90. The van der Waals surface area contributed by atoms with E-state index in [2.05, 4.69) is 30.2 Å². The summed E-state index contributed by atoms with van der Waals surface area (Å²) in [5.41, 5.74) is 0. The van der Waals surface area contributed by atoms with Crippen molar-refractivity contribution >= 4 is 0 Å². The number of hydrogen-bond donors (Lipinski definition) is 1. The number of aliphatic hydroxyl groups excluding tert-OH is 1. The topological polar surface area (TPSA) is 23.5 Å². The van der Waals surface area contributed by atoms with Crippen LogP contribution in [-0.4, -0.2) is 29.2 Å². The SMILES string of the molecule is CCCCCCCCCCCCN1C=CC=CC1CO. The van der Waals surface area contributed by atoms with E-state index in [1.807, 2.05) is 6.08 Å². The molecule has 1 rings (SSSR count). The maximum Gasteiger partial charge on any atom is 0.0701 e. The van der Waals surface area contributed by atoms with Crippen molar-refractivity contribution in [3.8, 4) is 0 Å². The fraction of sp³-hybridized carbons (Fsp3) is 0.778. The van der Waals surface area contributed by atoms with Crippen LogP contribution in [0.2, 0.25) is 0 Å². The Kier molecular flexibility index (Phi) is 10.4. The largest absolute Gasteiger partial charge is 0.394 e. The summed E-state index contributed by atoms with van der Waals surface area (Å²) in [6, 6.07) is 0.193. The first kappa shape index (κ1) is 17.3. The van der Waals surface area contributed by atoms with Crippen LogP contribution in [0, 0.1) is 0 Å². The summed E-state index contributed by atoms with van der Waals surface area (Å²) < 4.78 is 0. The summed E-state index contributed by atoms with van der Waals surface area (Å²) in [4.78, 5) is 2.25. The molecule has 1 unspecified atom stereocenters. The first-order chi connectivity index (χ1) is 9.88. The molecule has 116 valence electrons. The van der Waals surface area contributed by atoms with Gasteiger partial charge >= 0.3 is 0 Å². The third kappa shape index (κ3) is 7.74. The molecule has 0 spiro atoms. The average molecular weight is 279 g/mol. The van der Waals surface area contributed by atoms with Crippen molar-refractivity contribution in [2.45, 2.75) is 77.2 Å². The molecule has 0 radical (unpaired) electrons. The van der Waals surface area contributed by atoms with Crippen LogP contribution < -0.4 is 0 Å². The molecule has 0 aromatic carbocycles. The van der Waals surface area contributed by atoms with Gasteiger partial charge in [-0.25, -0.2) is 0 Å². The van der Waals surface area contributed by atoms with Gasteiger partial charge in [0.1, 0.15) is 0 Å². The normalized spacial score (nSPS) is 17.9. The summed E-state index contributed by atoms with van der Waals surface area (Å²) in [6.07, 6.45) is 22.0. The summed E-state index contributed by atoms with van der Waals surface area (Å²) in [6.45, 7) is 3.57. The zero-order valence-electron chi connectivity index (χ0n) is 13.3. The fourth-order valence-corrected chi connectivity index (χ4v) is 2.76. The van der Waals surface area contributed by atoms with Crippen molar-refractivity contribution in [2.75, 3.05) is 13.2 Å². The molecule has 0 bridgehead atoms. The van der Waals surface area contributed by atoms with Crippen LogP contribution in [0.5, 0.6) is 0 Å². The first-order valence-corrected chi connectivity index (χ1v) is 8.60. The molecule has 0 saturated heterocycles. The lowest BCUT2D eigenvalue weighted by Crippen LogP contribution is -2.34. The second kappa shape index (κ2) is 12.0. The molecule has 0 amide bonds. The van der Waals surface area contributed by atoms with E-state index in [1.54, 1.807) is 0 Å². The number of aliphatic hydroxyl groups is 1. The van der Waals surface area contributed by atoms with Crippen LogP contribution in [0.4, 0.5) is 0 Å². The van der Waals surface area contributed by atoms with Gasteiger partial charge in [-0.1, -0.05) is 76.9 Å². The molecule has 2 heteroatoms. The summed E-state index contributed by atoms with van der Waals surface area (Å²) in [5, 5.41) is 9.30. The lowest BCUT2D eigenvalue weighted by molar-refractivity contribution is 0.189. The highest BCUT2D eigenvalue weighted by Crippen LogP contribution is 2.13. The van der Waals surface area contributed by atoms with E-state index < -0.39 is 0 Å². The van der Waals surface area contributed by atoms with Crippen LogP contribution >= 0.6 is 0 Å².